The van der Waals surface area contributed by atoms with Crippen molar-refractivity contribution in [2.24, 2.45) is 0 Å². The lowest BCUT2D eigenvalue weighted by Crippen LogP contribution is -2.21. The molecule has 1 atom stereocenters. The van der Waals surface area contributed by atoms with E-state index in [4.69, 9.17) is 4.42 Å². The molecule has 5 nitrogen and oxygen atoms in total. The van der Waals surface area contributed by atoms with Crippen molar-refractivity contribution in [2.45, 2.75) is 26.5 Å². The number of rotatable bonds is 6. The topological polar surface area (TPSA) is 74.1 Å². The van der Waals surface area contributed by atoms with Crippen LogP contribution in [0.1, 0.15) is 28.6 Å². The second-order valence-corrected chi connectivity index (χ2v) is 5.68. The lowest BCUT2D eigenvalue weighted by Gasteiger charge is -2.14. The quantitative estimate of drug-likeness (QED) is 0.654. The summed E-state index contributed by atoms with van der Waals surface area (Å²) in [5.41, 5.74) is 3.93. The van der Waals surface area contributed by atoms with Crippen LogP contribution in [0.25, 0.3) is 11.5 Å². The van der Waals surface area contributed by atoms with Gasteiger partial charge in [0, 0.05) is 18.7 Å². The Morgan fingerprint density at radius 2 is 2.04 bits per heavy atom. The van der Waals surface area contributed by atoms with Gasteiger partial charge in [-0.15, -0.1) is 0 Å². The van der Waals surface area contributed by atoms with E-state index < -0.39 is 6.10 Å². The number of nitrogens with one attached hydrogen (secondary N) is 2. The zero-order valence-corrected chi connectivity index (χ0v) is 13.3. The highest BCUT2D eigenvalue weighted by Gasteiger charge is 2.13. The summed E-state index contributed by atoms with van der Waals surface area (Å²) < 4.78 is 5.63. The highest BCUT2D eigenvalue weighted by atomic mass is 16.3. The summed E-state index contributed by atoms with van der Waals surface area (Å²) in [7, 11) is 0. The van der Waals surface area contributed by atoms with Gasteiger partial charge in [-0.3, -0.25) is 5.10 Å². The third-order valence-corrected chi connectivity index (χ3v) is 3.91. The normalized spacial score (nSPS) is 12.5. The molecular weight excluding hydrogens is 290 g/mol. The number of aliphatic hydroxyl groups is 1. The second kappa shape index (κ2) is 6.81. The van der Waals surface area contributed by atoms with E-state index in [2.05, 4.69) is 15.5 Å². The summed E-state index contributed by atoms with van der Waals surface area (Å²) in [6.45, 7) is 5.00. The fourth-order valence-electron chi connectivity index (χ4n) is 2.64. The van der Waals surface area contributed by atoms with Crippen LogP contribution in [0.15, 0.2) is 47.0 Å². The fraction of sp³-hybridized carbons (Fsp3) is 0.278. The Morgan fingerprint density at radius 3 is 2.78 bits per heavy atom. The largest absolute Gasteiger partial charge is 0.460 e. The molecule has 2 heterocycles. The summed E-state index contributed by atoms with van der Waals surface area (Å²) >= 11 is 0. The standard InChI is InChI=1S/C18H21N3O2/c1-12-5-3-4-6-15(12)16(22)11-19-9-14-10-20-21-18(14)17-8-7-13(2)23-17/h3-8,10,16,19,22H,9,11H2,1-2H3,(H,20,21). The summed E-state index contributed by atoms with van der Waals surface area (Å²) in [4.78, 5) is 0. The summed E-state index contributed by atoms with van der Waals surface area (Å²) in [6.07, 6.45) is 1.25. The molecule has 0 saturated heterocycles. The van der Waals surface area contributed by atoms with Gasteiger partial charge in [0.2, 0.25) is 0 Å². The van der Waals surface area contributed by atoms with E-state index in [1.54, 1.807) is 6.20 Å². The lowest BCUT2D eigenvalue weighted by atomic mass is 10.0. The zero-order valence-electron chi connectivity index (χ0n) is 13.3. The number of nitrogens with zero attached hydrogens (tertiary/aromatic N) is 1. The van der Waals surface area contributed by atoms with E-state index >= 15 is 0 Å². The average Bonchev–Trinajstić information content (AvgIpc) is 3.16. The number of aryl methyl sites for hydroxylation is 2. The number of aromatic amines is 1. The van der Waals surface area contributed by atoms with Crippen molar-refractivity contribution < 1.29 is 9.52 Å². The van der Waals surface area contributed by atoms with Crippen LogP contribution in [0.4, 0.5) is 0 Å². The molecule has 0 fully saturated rings. The Bertz CT molecular complexity index is 776. The molecule has 0 amide bonds. The number of furan rings is 1. The third kappa shape index (κ3) is 3.52. The van der Waals surface area contributed by atoms with E-state index in [9.17, 15) is 5.11 Å². The minimum Gasteiger partial charge on any atom is -0.460 e. The number of aliphatic hydroxyl groups excluding tert-OH is 1. The Morgan fingerprint density at radius 1 is 1.22 bits per heavy atom. The molecule has 3 N–H and O–H groups in total. The van der Waals surface area contributed by atoms with Crippen molar-refractivity contribution >= 4 is 0 Å². The van der Waals surface area contributed by atoms with Gasteiger partial charge >= 0.3 is 0 Å². The van der Waals surface area contributed by atoms with Crippen LogP contribution >= 0.6 is 0 Å². The van der Waals surface area contributed by atoms with Crippen LogP contribution in [-0.2, 0) is 6.54 Å². The number of hydrogen-bond acceptors (Lipinski definition) is 4. The van der Waals surface area contributed by atoms with Crippen molar-refractivity contribution in [2.75, 3.05) is 6.54 Å². The Kier molecular flexibility index (Phi) is 4.60. The summed E-state index contributed by atoms with van der Waals surface area (Å²) in [6, 6.07) is 11.7. The van der Waals surface area contributed by atoms with E-state index in [1.807, 2.05) is 50.2 Å². The molecule has 1 unspecified atom stereocenters. The molecular formula is C18H21N3O2. The van der Waals surface area contributed by atoms with Gasteiger partial charge < -0.3 is 14.8 Å². The van der Waals surface area contributed by atoms with Crippen LogP contribution in [-0.4, -0.2) is 21.8 Å². The van der Waals surface area contributed by atoms with Crippen molar-refractivity contribution in [3.05, 3.63) is 65.0 Å². The molecule has 3 rings (SSSR count). The van der Waals surface area contributed by atoms with Gasteiger partial charge in [0.1, 0.15) is 11.5 Å². The minimum atomic E-state index is -0.530. The van der Waals surface area contributed by atoms with E-state index in [0.29, 0.717) is 13.1 Å². The van der Waals surface area contributed by atoms with Crippen molar-refractivity contribution in [3.63, 3.8) is 0 Å². The van der Waals surface area contributed by atoms with Crippen LogP contribution in [0.2, 0.25) is 0 Å². The van der Waals surface area contributed by atoms with E-state index in [-0.39, 0.29) is 0 Å². The molecule has 120 valence electrons. The SMILES string of the molecule is Cc1ccc(-c2[nH]ncc2CNCC(O)c2ccccc2C)o1. The van der Waals surface area contributed by atoms with Gasteiger partial charge in [-0.1, -0.05) is 24.3 Å². The summed E-state index contributed by atoms with van der Waals surface area (Å²) in [5.74, 6) is 1.64. The molecule has 5 heteroatoms. The van der Waals surface area contributed by atoms with Crippen molar-refractivity contribution in [1.29, 1.82) is 0 Å². The van der Waals surface area contributed by atoms with E-state index in [0.717, 1.165) is 33.9 Å². The Hall–Kier alpha value is -2.37. The van der Waals surface area contributed by atoms with Gasteiger partial charge in [0.25, 0.3) is 0 Å². The zero-order chi connectivity index (χ0) is 16.2. The molecule has 0 spiro atoms. The Balaban J connectivity index is 1.62. The highest BCUT2D eigenvalue weighted by molar-refractivity contribution is 5.56. The molecule has 0 radical (unpaired) electrons. The number of hydrogen-bond donors (Lipinski definition) is 3. The van der Waals surface area contributed by atoms with Gasteiger partial charge in [0.05, 0.1) is 12.3 Å². The van der Waals surface area contributed by atoms with Gasteiger partial charge in [0.15, 0.2) is 5.76 Å². The van der Waals surface area contributed by atoms with Gasteiger partial charge in [-0.05, 0) is 37.1 Å². The molecule has 0 aliphatic carbocycles. The maximum absolute atomic E-state index is 10.3. The monoisotopic (exact) mass is 311 g/mol. The highest BCUT2D eigenvalue weighted by Crippen LogP contribution is 2.23. The first-order chi connectivity index (χ1) is 11.1. The fourth-order valence-corrected chi connectivity index (χ4v) is 2.64. The van der Waals surface area contributed by atoms with Crippen molar-refractivity contribution in [3.8, 4) is 11.5 Å². The second-order valence-electron chi connectivity index (χ2n) is 5.68. The molecule has 0 aliphatic heterocycles. The third-order valence-electron chi connectivity index (χ3n) is 3.91. The molecule has 0 aliphatic rings. The van der Waals surface area contributed by atoms with Crippen LogP contribution in [0.5, 0.6) is 0 Å². The maximum Gasteiger partial charge on any atom is 0.152 e. The van der Waals surface area contributed by atoms with Gasteiger partial charge in [-0.2, -0.15) is 5.10 Å². The predicted octanol–water partition coefficient (Wildman–Crippen LogP) is 3.11. The van der Waals surface area contributed by atoms with Crippen molar-refractivity contribution in [1.82, 2.24) is 15.5 Å². The average molecular weight is 311 g/mol. The van der Waals surface area contributed by atoms with Crippen LogP contribution in [0, 0.1) is 13.8 Å². The lowest BCUT2D eigenvalue weighted by molar-refractivity contribution is 0.173. The van der Waals surface area contributed by atoms with Crippen LogP contribution in [0.3, 0.4) is 0 Å². The molecule has 23 heavy (non-hydrogen) atoms. The molecule has 3 aromatic rings. The minimum absolute atomic E-state index is 0.479. The first-order valence-corrected chi connectivity index (χ1v) is 7.68. The number of H-pyrrole nitrogens is 1. The van der Waals surface area contributed by atoms with Gasteiger partial charge in [-0.25, -0.2) is 0 Å². The van der Waals surface area contributed by atoms with Crippen LogP contribution < -0.4 is 5.32 Å². The molecule has 0 saturated carbocycles. The van der Waals surface area contributed by atoms with E-state index in [1.165, 1.54) is 0 Å². The molecule has 0 bridgehead atoms. The maximum atomic E-state index is 10.3. The molecule has 1 aromatic carbocycles. The first kappa shape index (κ1) is 15.5. The molecule has 2 aromatic heterocycles. The Labute approximate surface area is 135 Å². The summed E-state index contributed by atoms with van der Waals surface area (Å²) in [5, 5.41) is 20.7. The number of aromatic nitrogens is 2. The predicted molar refractivity (Wildman–Crippen MR) is 88.9 cm³/mol. The number of benzene rings is 1. The first-order valence-electron chi connectivity index (χ1n) is 7.68. The smallest absolute Gasteiger partial charge is 0.152 e.